The Morgan fingerprint density at radius 1 is 1.32 bits per heavy atom. The van der Waals surface area contributed by atoms with Gasteiger partial charge in [-0.1, -0.05) is 19.8 Å². The third kappa shape index (κ3) is 6.08. The van der Waals surface area contributed by atoms with E-state index >= 15 is 0 Å². The number of nitrogens with zero attached hydrogens (tertiary/aromatic N) is 4. The van der Waals surface area contributed by atoms with Gasteiger partial charge in [0.2, 0.25) is 0 Å². The molecule has 2 aliphatic rings. The molecule has 1 saturated heterocycles. The van der Waals surface area contributed by atoms with Crippen LogP contribution in [0.5, 0.6) is 0 Å². The highest BCUT2D eigenvalue weighted by Gasteiger charge is 2.29. The molecule has 2 fully saturated rings. The number of aromatic nitrogens is 2. The third-order valence-corrected chi connectivity index (χ3v) is 6.36. The van der Waals surface area contributed by atoms with Crippen LogP contribution in [0.3, 0.4) is 0 Å². The van der Waals surface area contributed by atoms with Crippen molar-refractivity contribution in [1.29, 1.82) is 0 Å². The normalized spacial score (nSPS) is 24.8. The molecule has 1 aliphatic heterocycles. The van der Waals surface area contributed by atoms with Crippen LogP contribution in [-0.4, -0.2) is 59.8 Å². The van der Waals surface area contributed by atoms with Crippen molar-refractivity contribution in [1.82, 2.24) is 19.8 Å². The van der Waals surface area contributed by atoms with Gasteiger partial charge in [0.1, 0.15) is 0 Å². The molecule has 0 spiro atoms. The van der Waals surface area contributed by atoms with Crippen LogP contribution in [0.25, 0.3) is 0 Å². The highest BCUT2D eigenvalue weighted by molar-refractivity contribution is 14.0. The van der Waals surface area contributed by atoms with Crippen LogP contribution in [0.4, 0.5) is 0 Å². The van der Waals surface area contributed by atoms with Gasteiger partial charge in [0, 0.05) is 45.7 Å². The highest BCUT2D eigenvalue weighted by Crippen LogP contribution is 2.31. The second-order valence-corrected chi connectivity index (χ2v) is 8.09. The molecular weight excluding hydrogens is 465 g/mol. The molecule has 0 bridgehead atoms. The Morgan fingerprint density at radius 2 is 2.11 bits per heavy atom. The van der Waals surface area contributed by atoms with E-state index in [0.29, 0.717) is 18.1 Å². The van der Waals surface area contributed by atoms with Crippen LogP contribution in [0, 0.1) is 11.8 Å². The average Bonchev–Trinajstić information content (AvgIpc) is 3.39. The first-order valence-electron chi connectivity index (χ1n) is 10.8. The van der Waals surface area contributed by atoms with E-state index in [1.165, 1.54) is 32.1 Å². The Balaban J connectivity index is 0.00000280. The standard InChI is InChI=1S/C21H37N5O.HI/c1-4-27-20(18-7-5-6-8-18)9-11-24-21(22-3)25-13-10-17(2)19(15-25)26-14-12-23-16-26;/h12,14,16-20H,4-11,13,15H2,1-3H3,(H,22,24);1H. The van der Waals surface area contributed by atoms with Crippen LogP contribution >= 0.6 is 24.0 Å². The summed E-state index contributed by atoms with van der Waals surface area (Å²) in [4.78, 5) is 11.2. The van der Waals surface area contributed by atoms with Gasteiger partial charge in [0.05, 0.1) is 18.5 Å². The fourth-order valence-corrected chi connectivity index (χ4v) is 4.75. The molecule has 6 nitrogen and oxygen atoms in total. The lowest BCUT2D eigenvalue weighted by molar-refractivity contribution is 0.0168. The maximum absolute atomic E-state index is 6.06. The number of hydrogen-bond acceptors (Lipinski definition) is 3. The van der Waals surface area contributed by atoms with E-state index < -0.39 is 0 Å². The molecule has 1 N–H and O–H groups in total. The Hall–Kier alpha value is -0.830. The van der Waals surface area contributed by atoms with Crippen molar-refractivity contribution < 1.29 is 4.74 Å². The van der Waals surface area contributed by atoms with E-state index in [4.69, 9.17) is 4.74 Å². The molecule has 3 atom stereocenters. The lowest BCUT2D eigenvalue weighted by Gasteiger charge is -2.39. The molecular formula is C21H38IN5O. The summed E-state index contributed by atoms with van der Waals surface area (Å²) < 4.78 is 8.31. The summed E-state index contributed by atoms with van der Waals surface area (Å²) in [6.45, 7) is 8.23. The fourth-order valence-electron chi connectivity index (χ4n) is 4.75. The van der Waals surface area contributed by atoms with Gasteiger partial charge in [0.15, 0.2) is 5.96 Å². The summed E-state index contributed by atoms with van der Waals surface area (Å²) in [6, 6.07) is 0.453. The quantitative estimate of drug-likeness (QED) is 0.348. The molecule has 1 aliphatic carbocycles. The second-order valence-electron chi connectivity index (χ2n) is 8.09. The number of nitrogens with one attached hydrogen (secondary N) is 1. The Labute approximate surface area is 187 Å². The number of imidazole rings is 1. The first-order valence-corrected chi connectivity index (χ1v) is 10.8. The molecule has 160 valence electrons. The van der Waals surface area contributed by atoms with Gasteiger partial charge in [0.25, 0.3) is 0 Å². The lowest BCUT2D eigenvalue weighted by Crippen LogP contribution is -2.49. The van der Waals surface area contributed by atoms with Gasteiger partial charge in [-0.05, 0) is 44.4 Å². The second kappa shape index (κ2) is 12.0. The smallest absolute Gasteiger partial charge is 0.193 e. The van der Waals surface area contributed by atoms with Crippen molar-refractivity contribution in [2.24, 2.45) is 16.8 Å². The molecule has 3 rings (SSSR count). The number of ether oxygens (including phenoxy) is 1. The maximum atomic E-state index is 6.06. The molecule has 0 aromatic carbocycles. The van der Waals surface area contributed by atoms with Crippen LogP contribution in [0.1, 0.15) is 58.4 Å². The molecule has 0 amide bonds. The number of piperidine rings is 1. The zero-order valence-corrected chi connectivity index (χ0v) is 20.0. The minimum Gasteiger partial charge on any atom is -0.378 e. The van der Waals surface area contributed by atoms with Gasteiger partial charge in [-0.15, -0.1) is 24.0 Å². The monoisotopic (exact) mass is 503 g/mol. The molecule has 3 unspecified atom stereocenters. The van der Waals surface area contributed by atoms with Crippen LogP contribution in [0.15, 0.2) is 23.7 Å². The summed E-state index contributed by atoms with van der Waals surface area (Å²) >= 11 is 0. The first kappa shape index (κ1) is 23.4. The summed E-state index contributed by atoms with van der Waals surface area (Å²) in [7, 11) is 1.89. The Kier molecular flexibility index (Phi) is 10.0. The molecule has 28 heavy (non-hydrogen) atoms. The van der Waals surface area contributed by atoms with Gasteiger partial charge < -0.3 is 19.5 Å². The first-order chi connectivity index (χ1) is 13.2. The number of rotatable bonds is 7. The van der Waals surface area contributed by atoms with E-state index in [0.717, 1.165) is 44.5 Å². The van der Waals surface area contributed by atoms with Crippen molar-refractivity contribution in [3.63, 3.8) is 0 Å². The summed E-state index contributed by atoms with van der Waals surface area (Å²) in [5.41, 5.74) is 0. The predicted molar refractivity (Wildman–Crippen MR) is 125 cm³/mol. The van der Waals surface area contributed by atoms with Gasteiger partial charge in [-0.25, -0.2) is 4.98 Å². The number of aliphatic imine (C=N–C) groups is 1. The summed E-state index contributed by atoms with van der Waals surface area (Å²) in [5.74, 6) is 2.42. The molecule has 1 aromatic heterocycles. The van der Waals surface area contributed by atoms with E-state index in [9.17, 15) is 0 Å². The zero-order valence-electron chi connectivity index (χ0n) is 17.7. The van der Waals surface area contributed by atoms with Crippen LogP contribution < -0.4 is 5.32 Å². The average molecular weight is 503 g/mol. The molecule has 0 radical (unpaired) electrons. The number of halogens is 1. The Morgan fingerprint density at radius 3 is 2.75 bits per heavy atom. The van der Waals surface area contributed by atoms with Crippen LogP contribution in [-0.2, 0) is 4.74 Å². The van der Waals surface area contributed by atoms with Gasteiger partial charge >= 0.3 is 0 Å². The van der Waals surface area contributed by atoms with Crippen molar-refractivity contribution in [3.8, 4) is 0 Å². The molecule has 2 heterocycles. The maximum Gasteiger partial charge on any atom is 0.193 e. The summed E-state index contributed by atoms with van der Waals surface area (Å²) in [5, 5.41) is 3.60. The number of hydrogen-bond donors (Lipinski definition) is 1. The molecule has 1 saturated carbocycles. The van der Waals surface area contributed by atoms with Gasteiger partial charge in [-0.3, -0.25) is 4.99 Å². The van der Waals surface area contributed by atoms with Crippen molar-refractivity contribution in [2.45, 2.75) is 64.5 Å². The van der Waals surface area contributed by atoms with E-state index in [1.54, 1.807) is 0 Å². The van der Waals surface area contributed by atoms with E-state index in [-0.39, 0.29) is 24.0 Å². The minimum absolute atomic E-state index is 0. The SMILES string of the molecule is CCOC(CCNC(=NC)N1CCC(C)C(n2ccnc2)C1)C1CCCC1.I. The molecule has 1 aromatic rings. The Bertz CT molecular complexity index is 573. The van der Waals surface area contributed by atoms with Crippen LogP contribution in [0.2, 0.25) is 0 Å². The van der Waals surface area contributed by atoms with Crippen molar-refractivity contribution >= 4 is 29.9 Å². The van der Waals surface area contributed by atoms with E-state index in [2.05, 4.69) is 44.8 Å². The molecule has 7 heteroatoms. The van der Waals surface area contributed by atoms with E-state index in [1.807, 2.05) is 19.6 Å². The third-order valence-electron chi connectivity index (χ3n) is 6.36. The zero-order chi connectivity index (χ0) is 19.1. The van der Waals surface area contributed by atoms with Gasteiger partial charge in [-0.2, -0.15) is 0 Å². The topological polar surface area (TPSA) is 54.7 Å². The predicted octanol–water partition coefficient (Wildman–Crippen LogP) is 3.94. The summed E-state index contributed by atoms with van der Waals surface area (Å²) in [6.07, 6.45) is 13.9. The minimum atomic E-state index is 0. The number of guanidine groups is 1. The number of likely N-dealkylation sites (tertiary alicyclic amines) is 1. The largest absolute Gasteiger partial charge is 0.378 e. The fraction of sp³-hybridized carbons (Fsp3) is 0.810. The lowest BCUT2D eigenvalue weighted by atomic mass is 9.93. The highest BCUT2D eigenvalue weighted by atomic mass is 127. The van der Waals surface area contributed by atoms with Crippen molar-refractivity contribution in [2.75, 3.05) is 33.3 Å². The van der Waals surface area contributed by atoms with Crippen molar-refractivity contribution in [3.05, 3.63) is 18.7 Å².